The Morgan fingerprint density at radius 1 is 0.971 bits per heavy atom. The van der Waals surface area contributed by atoms with E-state index in [4.69, 9.17) is 9.47 Å². The van der Waals surface area contributed by atoms with Gasteiger partial charge in [0.05, 0.1) is 11.8 Å². The molecule has 1 saturated heterocycles. The molecule has 8 heteroatoms. The Hall–Kier alpha value is -3.36. The van der Waals surface area contributed by atoms with Gasteiger partial charge in [-0.3, -0.25) is 4.90 Å². The minimum Gasteiger partial charge on any atom is -0.486 e. The highest BCUT2D eigenvalue weighted by atomic mass is 16.6. The topological polar surface area (TPSA) is 83.0 Å². The van der Waals surface area contributed by atoms with Gasteiger partial charge in [-0.05, 0) is 36.1 Å². The standard InChI is InChI=1S/C26H29N5O3/c32-22-16-31(11-9-21(22)30-10-8-18-4-1-2-5-19(18)15-30)25-14-24(27-17-28-25)29-20-6-3-7-23-26(20)34-13-12-33-23/h1-7,14,17,21-22,32H,8-13,15-16H2,(H,27,28,29)/t21?,22-/m0/s1. The molecule has 0 saturated carbocycles. The lowest BCUT2D eigenvalue weighted by Crippen LogP contribution is -2.55. The van der Waals surface area contributed by atoms with Crippen molar-refractivity contribution in [2.75, 3.05) is 43.1 Å². The molecule has 0 amide bonds. The molecule has 0 bridgehead atoms. The highest BCUT2D eigenvalue weighted by molar-refractivity contribution is 5.69. The third kappa shape index (κ3) is 4.15. The van der Waals surface area contributed by atoms with E-state index in [2.05, 4.69) is 49.4 Å². The van der Waals surface area contributed by atoms with Crippen LogP contribution in [-0.2, 0) is 13.0 Å². The largest absolute Gasteiger partial charge is 0.486 e. The number of aromatic nitrogens is 2. The smallest absolute Gasteiger partial charge is 0.184 e. The van der Waals surface area contributed by atoms with Gasteiger partial charge < -0.3 is 24.8 Å². The molecular formula is C26H29N5O3. The first-order chi connectivity index (χ1) is 16.7. The third-order valence-corrected chi connectivity index (χ3v) is 6.98. The van der Waals surface area contributed by atoms with Gasteiger partial charge in [-0.25, -0.2) is 9.97 Å². The molecule has 0 aliphatic carbocycles. The van der Waals surface area contributed by atoms with E-state index in [-0.39, 0.29) is 6.04 Å². The SMILES string of the molecule is O[C@H]1CN(c2cc(Nc3cccc4c3OCCO4)ncn2)CCC1N1CCc2ccccc2C1. The van der Waals surface area contributed by atoms with Gasteiger partial charge in [0.2, 0.25) is 0 Å². The average molecular weight is 460 g/mol. The molecule has 1 unspecified atom stereocenters. The van der Waals surface area contributed by atoms with Gasteiger partial charge in [-0.15, -0.1) is 0 Å². The molecule has 3 aromatic rings. The fourth-order valence-corrected chi connectivity index (χ4v) is 5.25. The molecule has 3 aliphatic rings. The van der Waals surface area contributed by atoms with Crippen LogP contribution < -0.4 is 19.7 Å². The number of anilines is 3. The van der Waals surface area contributed by atoms with Crippen molar-refractivity contribution in [3.05, 3.63) is 66.0 Å². The Labute approximate surface area is 199 Å². The van der Waals surface area contributed by atoms with Crippen molar-refractivity contribution in [2.45, 2.75) is 31.5 Å². The molecule has 6 rings (SSSR count). The van der Waals surface area contributed by atoms with E-state index in [1.165, 1.54) is 11.1 Å². The molecular weight excluding hydrogens is 430 g/mol. The maximum atomic E-state index is 11.1. The zero-order chi connectivity index (χ0) is 22.9. The predicted molar refractivity (Wildman–Crippen MR) is 130 cm³/mol. The maximum absolute atomic E-state index is 11.1. The van der Waals surface area contributed by atoms with Crippen LogP contribution in [0.15, 0.2) is 54.9 Å². The minimum atomic E-state index is -0.433. The summed E-state index contributed by atoms with van der Waals surface area (Å²) in [5.74, 6) is 2.92. The van der Waals surface area contributed by atoms with Gasteiger partial charge >= 0.3 is 0 Å². The third-order valence-electron chi connectivity index (χ3n) is 6.98. The summed E-state index contributed by atoms with van der Waals surface area (Å²) in [6.45, 7) is 4.37. The average Bonchev–Trinajstić information content (AvgIpc) is 2.89. The Bertz CT molecular complexity index is 1170. The molecule has 2 atom stereocenters. The van der Waals surface area contributed by atoms with Gasteiger partial charge in [0.15, 0.2) is 11.5 Å². The Morgan fingerprint density at radius 2 is 1.85 bits per heavy atom. The van der Waals surface area contributed by atoms with E-state index in [1.54, 1.807) is 6.33 Å². The zero-order valence-electron chi connectivity index (χ0n) is 19.1. The van der Waals surface area contributed by atoms with Crippen molar-refractivity contribution < 1.29 is 14.6 Å². The normalized spacial score (nSPS) is 22.2. The maximum Gasteiger partial charge on any atom is 0.184 e. The lowest BCUT2D eigenvalue weighted by molar-refractivity contribution is 0.0293. The van der Waals surface area contributed by atoms with Crippen LogP contribution in [0.4, 0.5) is 17.3 Å². The number of para-hydroxylation sites is 1. The number of aliphatic hydroxyl groups excluding tert-OH is 1. The molecule has 1 fully saturated rings. The second-order valence-electron chi connectivity index (χ2n) is 9.07. The van der Waals surface area contributed by atoms with E-state index in [9.17, 15) is 5.11 Å². The van der Waals surface area contributed by atoms with E-state index in [1.807, 2.05) is 24.3 Å². The van der Waals surface area contributed by atoms with E-state index >= 15 is 0 Å². The second kappa shape index (κ2) is 9.12. The van der Waals surface area contributed by atoms with Gasteiger partial charge in [0, 0.05) is 38.3 Å². The zero-order valence-corrected chi connectivity index (χ0v) is 19.1. The van der Waals surface area contributed by atoms with Crippen LogP contribution >= 0.6 is 0 Å². The van der Waals surface area contributed by atoms with Crippen LogP contribution in [0.3, 0.4) is 0 Å². The van der Waals surface area contributed by atoms with Crippen molar-refractivity contribution in [2.24, 2.45) is 0 Å². The number of fused-ring (bicyclic) bond motifs is 2. The number of ether oxygens (including phenoxy) is 2. The summed E-state index contributed by atoms with van der Waals surface area (Å²) in [4.78, 5) is 13.5. The molecule has 176 valence electrons. The number of hydrogen-bond donors (Lipinski definition) is 2. The van der Waals surface area contributed by atoms with Crippen molar-refractivity contribution in [3.8, 4) is 11.5 Å². The van der Waals surface area contributed by atoms with Crippen LogP contribution in [0.2, 0.25) is 0 Å². The Morgan fingerprint density at radius 3 is 2.76 bits per heavy atom. The fraction of sp³-hybridized carbons (Fsp3) is 0.385. The van der Waals surface area contributed by atoms with Crippen molar-refractivity contribution in [1.82, 2.24) is 14.9 Å². The number of β-amino-alcohol motifs (C(OH)–C–C–N with tert-alkyl or cyclic N) is 1. The number of aliphatic hydroxyl groups is 1. The van der Waals surface area contributed by atoms with Crippen LogP contribution in [0.5, 0.6) is 11.5 Å². The molecule has 0 spiro atoms. The summed E-state index contributed by atoms with van der Waals surface area (Å²) in [5.41, 5.74) is 3.63. The lowest BCUT2D eigenvalue weighted by Gasteiger charge is -2.43. The number of rotatable bonds is 4. The second-order valence-corrected chi connectivity index (χ2v) is 9.07. The van der Waals surface area contributed by atoms with Gasteiger partial charge in [0.1, 0.15) is 31.2 Å². The number of benzene rings is 2. The molecule has 2 N–H and O–H groups in total. The molecule has 3 aliphatic heterocycles. The quantitative estimate of drug-likeness (QED) is 0.616. The van der Waals surface area contributed by atoms with Crippen molar-refractivity contribution in [1.29, 1.82) is 0 Å². The van der Waals surface area contributed by atoms with Gasteiger partial charge in [-0.2, -0.15) is 0 Å². The van der Waals surface area contributed by atoms with Crippen LogP contribution in [0, 0.1) is 0 Å². The molecule has 8 nitrogen and oxygen atoms in total. The predicted octanol–water partition coefficient (Wildman–Crippen LogP) is 2.99. The van der Waals surface area contributed by atoms with Crippen LogP contribution in [-0.4, -0.2) is 65.0 Å². The number of hydrogen-bond acceptors (Lipinski definition) is 8. The van der Waals surface area contributed by atoms with Crippen LogP contribution in [0.1, 0.15) is 17.5 Å². The molecule has 2 aromatic carbocycles. The van der Waals surface area contributed by atoms with Gasteiger partial charge in [0.25, 0.3) is 0 Å². The summed E-state index contributed by atoms with van der Waals surface area (Å²) < 4.78 is 11.5. The Balaban J connectivity index is 1.13. The van der Waals surface area contributed by atoms with E-state index < -0.39 is 6.10 Å². The summed E-state index contributed by atoms with van der Waals surface area (Å²) in [5, 5.41) is 14.4. The summed E-state index contributed by atoms with van der Waals surface area (Å²) >= 11 is 0. The first-order valence-electron chi connectivity index (χ1n) is 12.0. The van der Waals surface area contributed by atoms with Crippen LogP contribution in [0.25, 0.3) is 0 Å². The molecule has 1 aromatic heterocycles. The van der Waals surface area contributed by atoms with E-state index in [0.717, 1.165) is 49.7 Å². The van der Waals surface area contributed by atoms with E-state index in [0.29, 0.717) is 31.3 Å². The number of nitrogens with one attached hydrogen (secondary N) is 1. The van der Waals surface area contributed by atoms with Gasteiger partial charge in [-0.1, -0.05) is 30.3 Å². The first kappa shape index (κ1) is 21.2. The lowest BCUT2D eigenvalue weighted by atomic mass is 9.94. The fourth-order valence-electron chi connectivity index (χ4n) is 5.25. The first-order valence-corrected chi connectivity index (χ1v) is 12.0. The molecule has 34 heavy (non-hydrogen) atoms. The minimum absolute atomic E-state index is 0.164. The summed E-state index contributed by atoms with van der Waals surface area (Å²) in [6.07, 6.45) is 3.07. The molecule has 0 radical (unpaired) electrons. The molecule has 4 heterocycles. The van der Waals surface area contributed by atoms with Crippen molar-refractivity contribution in [3.63, 3.8) is 0 Å². The monoisotopic (exact) mass is 459 g/mol. The summed E-state index contributed by atoms with van der Waals surface area (Å²) in [6, 6.07) is 16.5. The number of piperidine rings is 1. The number of nitrogens with zero attached hydrogens (tertiary/aromatic N) is 4. The highest BCUT2D eigenvalue weighted by Gasteiger charge is 2.34. The highest BCUT2D eigenvalue weighted by Crippen LogP contribution is 2.38. The Kier molecular flexibility index (Phi) is 5.68. The van der Waals surface area contributed by atoms with Crippen molar-refractivity contribution >= 4 is 17.3 Å². The summed E-state index contributed by atoms with van der Waals surface area (Å²) in [7, 11) is 0.